The number of fused-ring (bicyclic) bond motifs is 9. The summed E-state index contributed by atoms with van der Waals surface area (Å²) in [5, 5.41) is 14.9. The van der Waals surface area contributed by atoms with Gasteiger partial charge >= 0.3 is 0 Å². The first-order valence-corrected chi connectivity index (χ1v) is 11.9. The minimum atomic E-state index is -0.995. The van der Waals surface area contributed by atoms with Gasteiger partial charge in [-0.25, -0.2) is 0 Å². The van der Waals surface area contributed by atoms with E-state index in [0.29, 0.717) is 28.9 Å². The van der Waals surface area contributed by atoms with Crippen LogP contribution in [0.2, 0.25) is 0 Å². The molecular formula is C28H22N4O4. The van der Waals surface area contributed by atoms with Crippen molar-refractivity contribution in [2.45, 2.75) is 32.2 Å². The van der Waals surface area contributed by atoms with E-state index >= 15 is 0 Å². The van der Waals surface area contributed by atoms with Crippen LogP contribution >= 0.6 is 0 Å². The lowest BCUT2D eigenvalue weighted by Gasteiger charge is -2.38. The Bertz CT molecular complexity index is 2000. The summed E-state index contributed by atoms with van der Waals surface area (Å²) in [6.07, 6.45) is 6.05. The first-order valence-electron chi connectivity index (χ1n) is 11.9. The van der Waals surface area contributed by atoms with Gasteiger partial charge < -0.3 is 29.4 Å². The highest BCUT2D eigenvalue weighted by molar-refractivity contribution is 6.27. The Kier molecular flexibility index (Phi) is 3.37. The number of aliphatic imine (C=N–C) groups is 1. The number of ether oxygens (including phenoxy) is 2. The van der Waals surface area contributed by atoms with Gasteiger partial charge in [-0.3, -0.25) is 9.79 Å². The van der Waals surface area contributed by atoms with E-state index in [2.05, 4.69) is 20.2 Å². The monoisotopic (exact) mass is 478 g/mol. The topological polar surface area (TPSA) is 104 Å². The summed E-state index contributed by atoms with van der Waals surface area (Å²) < 4.78 is 17.0. The van der Waals surface area contributed by atoms with Gasteiger partial charge in [-0.05, 0) is 31.6 Å². The second-order valence-electron chi connectivity index (χ2n) is 10.1. The number of nitrogens with two attached hydrogens (primary N) is 1. The van der Waals surface area contributed by atoms with Crippen LogP contribution in [0.15, 0.2) is 46.3 Å². The molecule has 0 spiro atoms. The second kappa shape index (κ2) is 6.09. The molecule has 178 valence electrons. The Hall–Kier alpha value is -4.30. The summed E-state index contributed by atoms with van der Waals surface area (Å²) in [7, 11) is 1.67. The minimum Gasteiger partial charge on any atom is -0.508 e. The van der Waals surface area contributed by atoms with Crippen molar-refractivity contribution in [2.24, 2.45) is 10.7 Å². The number of hydrogen-bond donors (Lipinski definition) is 2. The number of benzene rings is 2. The molecule has 4 aromatic rings. The number of allylic oxidation sites excluding steroid dienone is 3. The molecule has 8 rings (SSSR count). The number of aliphatic hydroxyl groups is 1. The summed E-state index contributed by atoms with van der Waals surface area (Å²) >= 11 is 0. The molecule has 0 saturated heterocycles. The maximum Gasteiger partial charge on any atom is 0.192 e. The van der Waals surface area contributed by atoms with E-state index < -0.39 is 11.8 Å². The van der Waals surface area contributed by atoms with E-state index in [-0.39, 0.29) is 11.5 Å². The van der Waals surface area contributed by atoms with Gasteiger partial charge in [0.05, 0.1) is 33.2 Å². The first kappa shape index (κ1) is 19.9. The van der Waals surface area contributed by atoms with Crippen molar-refractivity contribution in [1.82, 2.24) is 9.13 Å². The molecule has 3 aliphatic heterocycles. The summed E-state index contributed by atoms with van der Waals surface area (Å²) in [4.78, 5) is 17.9. The second-order valence-corrected chi connectivity index (χ2v) is 10.1. The number of aromatic nitrogens is 2. The van der Waals surface area contributed by atoms with Gasteiger partial charge in [-0.15, -0.1) is 0 Å². The number of nitrogens with zero attached hydrogens (tertiary/aromatic N) is 3. The molecule has 1 aliphatic carbocycles. The molecule has 0 amide bonds. The molecule has 1 unspecified atom stereocenters. The highest BCUT2D eigenvalue weighted by Gasteiger charge is 2.46. The van der Waals surface area contributed by atoms with Gasteiger partial charge in [0, 0.05) is 71.2 Å². The fourth-order valence-corrected chi connectivity index (χ4v) is 6.73. The molecule has 4 aliphatic rings. The Morgan fingerprint density at radius 3 is 2.89 bits per heavy atom. The molecular weight excluding hydrogens is 456 g/mol. The smallest absolute Gasteiger partial charge is 0.192 e. The van der Waals surface area contributed by atoms with Gasteiger partial charge in [0.1, 0.15) is 11.5 Å². The first-order chi connectivity index (χ1) is 17.3. The van der Waals surface area contributed by atoms with E-state index in [1.165, 1.54) is 6.08 Å². The van der Waals surface area contributed by atoms with Gasteiger partial charge in [-0.2, -0.15) is 0 Å². The van der Waals surface area contributed by atoms with Crippen molar-refractivity contribution in [3.63, 3.8) is 0 Å². The lowest BCUT2D eigenvalue weighted by atomic mass is 9.95. The van der Waals surface area contributed by atoms with E-state index in [1.807, 2.05) is 38.4 Å². The van der Waals surface area contributed by atoms with Crippen molar-refractivity contribution in [2.75, 3.05) is 7.11 Å². The van der Waals surface area contributed by atoms with Crippen molar-refractivity contribution in [1.29, 1.82) is 0 Å². The van der Waals surface area contributed by atoms with Crippen LogP contribution in [-0.2, 0) is 11.3 Å². The maximum atomic E-state index is 13.4. The largest absolute Gasteiger partial charge is 0.508 e. The lowest BCUT2D eigenvalue weighted by molar-refractivity contribution is -0.0803. The van der Waals surface area contributed by atoms with Gasteiger partial charge in [-0.1, -0.05) is 0 Å². The third-order valence-corrected chi connectivity index (χ3v) is 8.20. The van der Waals surface area contributed by atoms with E-state index in [9.17, 15) is 9.90 Å². The van der Waals surface area contributed by atoms with Crippen LogP contribution in [0.3, 0.4) is 0 Å². The molecule has 0 radical (unpaired) electrons. The van der Waals surface area contributed by atoms with Crippen LogP contribution in [0.5, 0.6) is 5.75 Å². The number of carbonyl (C=O) groups excluding carboxylic acids is 1. The Balaban J connectivity index is 1.78. The van der Waals surface area contributed by atoms with Crippen molar-refractivity contribution in [3.05, 3.63) is 63.0 Å². The van der Waals surface area contributed by atoms with Crippen molar-refractivity contribution >= 4 is 57.0 Å². The zero-order valence-electron chi connectivity index (χ0n) is 19.9. The molecule has 2 aromatic carbocycles. The molecule has 3 N–H and O–H groups in total. The van der Waals surface area contributed by atoms with Crippen LogP contribution in [0.25, 0.3) is 45.0 Å². The molecule has 2 aromatic heterocycles. The number of hydrogen-bond acceptors (Lipinski definition) is 6. The molecule has 0 saturated carbocycles. The maximum absolute atomic E-state index is 13.4. The normalized spacial score (nSPS) is 25.6. The lowest BCUT2D eigenvalue weighted by Crippen LogP contribution is -2.47. The van der Waals surface area contributed by atoms with Crippen LogP contribution < -0.4 is 21.0 Å². The molecule has 5 heterocycles. The Morgan fingerprint density at radius 2 is 2.08 bits per heavy atom. The molecule has 2 atom stereocenters. The SMILES string of the molecule is CO[C@@H]1n2c3cc4ccc3c3c5c(c6c7c(n(c6c32)C/C(C)=C(/N)C1(C)O4)=CC(O)=CC7=O)=CN=C5. The number of methoxy groups -OCH3 is 1. The highest BCUT2D eigenvalue weighted by Crippen LogP contribution is 2.47. The van der Waals surface area contributed by atoms with Crippen LogP contribution in [0.1, 0.15) is 36.0 Å². The summed E-state index contributed by atoms with van der Waals surface area (Å²) in [5.41, 5.74) is 11.7. The Labute approximate surface area is 204 Å². The zero-order valence-corrected chi connectivity index (χ0v) is 19.9. The third kappa shape index (κ3) is 2.03. The fraction of sp³-hybridized carbons (Fsp3) is 0.214. The predicted octanol–water partition coefficient (Wildman–Crippen LogP) is 2.88. The Morgan fingerprint density at radius 1 is 1.25 bits per heavy atom. The quantitative estimate of drug-likeness (QED) is 0.438. The van der Waals surface area contributed by atoms with Gasteiger partial charge in [0.2, 0.25) is 0 Å². The molecule has 8 nitrogen and oxygen atoms in total. The van der Waals surface area contributed by atoms with Crippen LogP contribution in [-0.4, -0.2) is 38.9 Å². The number of aliphatic hydroxyl groups excluding tert-OH is 1. The van der Waals surface area contributed by atoms with E-state index in [4.69, 9.17) is 15.2 Å². The highest BCUT2D eigenvalue weighted by atomic mass is 16.6. The predicted molar refractivity (Wildman–Crippen MR) is 138 cm³/mol. The summed E-state index contributed by atoms with van der Waals surface area (Å²) in [6.45, 7) is 4.36. The van der Waals surface area contributed by atoms with Crippen molar-refractivity contribution in [3.8, 4) is 5.75 Å². The average Bonchev–Trinajstić information content (AvgIpc) is 3.51. The third-order valence-electron chi connectivity index (χ3n) is 8.20. The van der Waals surface area contributed by atoms with Crippen LogP contribution in [0, 0.1) is 0 Å². The number of ketones is 1. The molecule has 4 bridgehead atoms. The van der Waals surface area contributed by atoms with E-state index in [0.717, 1.165) is 49.1 Å². The standard InChI is InChI=1S/C28H22N4O4/c1-12-11-31-19-6-13(33)7-20(34)23(19)22-17-10-30-9-16(17)21-15-5-4-14-8-18(15)32(25(21)24(22)31)27(35-3)28(2,36-14)26(12)29/h4-10,27,33H,11,29H2,1-3H3/b26-12+/t27-,28?/m0/s1. The zero-order chi connectivity index (χ0) is 24.7. The minimum absolute atomic E-state index is 0.0663. The fourth-order valence-electron chi connectivity index (χ4n) is 6.73. The van der Waals surface area contributed by atoms with Crippen molar-refractivity contribution < 1.29 is 19.4 Å². The number of rotatable bonds is 1. The number of carbonyl (C=O) groups is 1. The summed E-state index contributed by atoms with van der Waals surface area (Å²) in [5.74, 6) is 0.418. The average molecular weight is 479 g/mol. The van der Waals surface area contributed by atoms with Gasteiger partial charge in [0.25, 0.3) is 0 Å². The summed E-state index contributed by atoms with van der Waals surface area (Å²) in [6, 6.07) is 6.07. The molecule has 8 heteroatoms. The molecule has 36 heavy (non-hydrogen) atoms. The van der Waals surface area contributed by atoms with Crippen LogP contribution in [0.4, 0.5) is 0 Å². The van der Waals surface area contributed by atoms with E-state index in [1.54, 1.807) is 13.2 Å². The molecule has 0 fully saturated rings. The van der Waals surface area contributed by atoms with Gasteiger partial charge in [0.15, 0.2) is 17.6 Å².